The molecule has 0 aliphatic rings. The lowest BCUT2D eigenvalue weighted by Gasteiger charge is -2.07. The molecule has 1 atom stereocenters. The van der Waals surface area contributed by atoms with Gasteiger partial charge in [0.1, 0.15) is 0 Å². The molecule has 0 radical (unpaired) electrons. The fraction of sp³-hybridized carbons (Fsp3) is 0.946. The maximum Gasteiger partial charge on any atom is 0.305 e. The van der Waals surface area contributed by atoms with Crippen molar-refractivity contribution in [2.45, 2.75) is 329 Å². The van der Waals surface area contributed by atoms with E-state index in [1.165, 1.54) is 283 Å². The smallest absolute Gasteiger partial charge is 0.305 e. The highest BCUT2D eigenvalue weighted by atomic mass is 16.5. The molecule has 2 nitrogen and oxygen atoms in total. The zero-order valence-electron chi connectivity index (χ0n) is 40.7. The van der Waals surface area contributed by atoms with Gasteiger partial charge in [0.2, 0.25) is 0 Å². The van der Waals surface area contributed by atoms with Crippen LogP contribution in [0.25, 0.3) is 0 Å². The van der Waals surface area contributed by atoms with E-state index in [9.17, 15) is 4.79 Å². The van der Waals surface area contributed by atoms with Crippen molar-refractivity contribution < 1.29 is 9.53 Å². The van der Waals surface area contributed by atoms with Gasteiger partial charge in [0.15, 0.2) is 0 Å². The number of hydrogen-bond acceptors (Lipinski definition) is 2. The molecule has 0 heterocycles. The molecule has 0 saturated heterocycles. The first-order valence-corrected chi connectivity index (χ1v) is 27.5. The lowest BCUT2D eigenvalue weighted by Crippen LogP contribution is -2.05. The van der Waals surface area contributed by atoms with Gasteiger partial charge in [0.05, 0.1) is 6.61 Å². The van der Waals surface area contributed by atoms with Crippen LogP contribution < -0.4 is 0 Å². The van der Waals surface area contributed by atoms with Crippen LogP contribution >= 0.6 is 0 Å². The molecule has 0 N–H and O–H groups in total. The topological polar surface area (TPSA) is 26.3 Å². The molecule has 0 aromatic rings. The van der Waals surface area contributed by atoms with Gasteiger partial charge in [-0.3, -0.25) is 4.79 Å². The lowest BCUT2D eigenvalue weighted by molar-refractivity contribution is -0.143. The number of allylic oxidation sites excluding steroid dienone is 2. The number of carbonyl (C=O) groups excluding carboxylic acids is 1. The monoisotopic (exact) mass is 815 g/mol. The highest BCUT2D eigenvalue weighted by Gasteiger charge is 2.03. The third kappa shape index (κ3) is 51.4. The Labute approximate surface area is 367 Å². The minimum absolute atomic E-state index is 0.0219. The Morgan fingerprint density at radius 1 is 0.362 bits per heavy atom. The summed E-state index contributed by atoms with van der Waals surface area (Å²) in [6.45, 7) is 7.64. The molecule has 346 valence electrons. The van der Waals surface area contributed by atoms with Crippen LogP contribution in [0.5, 0.6) is 0 Å². The van der Waals surface area contributed by atoms with Crippen LogP contribution in [-0.2, 0) is 9.53 Å². The number of carbonyl (C=O) groups is 1. The standard InChI is InChI=1S/C56H110O2/c1-4-6-7-8-9-10-11-12-31-35-38-41-44-47-50-53-56(57)58-54-51-48-45-42-39-36-33-30-28-26-24-22-20-18-16-14-13-15-17-19-21-23-25-27-29-32-34-37-40-43-46-49-52-55(3)5-2/h12,31,55H,4-11,13-30,32-54H2,1-3H3/b31-12-. The van der Waals surface area contributed by atoms with Gasteiger partial charge >= 0.3 is 5.97 Å². The van der Waals surface area contributed by atoms with Crippen LogP contribution in [0.15, 0.2) is 12.2 Å². The minimum atomic E-state index is 0.0219. The average molecular weight is 815 g/mol. The summed E-state index contributed by atoms with van der Waals surface area (Å²) < 4.78 is 5.49. The van der Waals surface area contributed by atoms with Crippen LogP contribution in [0.2, 0.25) is 0 Å². The van der Waals surface area contributed by atoms with Crippen LogP contribution in [0, 0.1) is 5.92 Å². The summed E-state index contributed by atoms with van der Waals surface area (Å²) >= 11 is 0. The van der Waals surface area contributed by atoms with Crippen molar-refractivity contribution in [2.75, 3.05) is 6.61 Å². The second-order valence-electron chi connectivity index (χ2n) is 19.2. The van der Waals surface area contributed by atoms with Crippen molar-refractivity contribution in [3.63, 3.8) is 0 Å². The fourth-order valence-electron chi connectivity index (χ4n) is 8.70. The van der Waals surface area contributed by atoms with Crippen molar-refractivity contribution in [3.05, 3.63) is 12.2 Å². The summed E-state index contributed by atoms with van der Waals surface area (Å²) in [5, 5.41) is 0. The summed E-state index contributed by atoms with van der Waals surface area (Å²) in [4.78, 5) is 12.0. The molecule has 0 rings (SSSR count). The molecule has 0 bridgehead atoms. The molecule has 0 fully saturated rings. The average Bonchev–Trinajstić information content (AvgIpc) is 3.23. The van der Waals surface area contributed by atoms with Crippen molar-refractivity contribution >= 4 is 5.97 Å². The highest BCUT2D eigenvalue weighted by Crippen LogP contribution is 2.18. The Balaban J connectivity index is 3.15. The molecule has 58 heavy (non-hydrogen) atoms. The number of esters is 1. The second-order valence-corrected chi connectivity index (χ2v) is 19.2. The van der Waals surface area contributed by atoms with E-state index in [-0.39, 0.29) is 5.97 Å². The molecule has 0 amide bonds. The van der Waals surface area contributed by atoms with Crippen LogP contribution in [0.4, 0.5) is 0 Å². The molecule has 0 aliphatic carbocycles. The first kappa shape index (κ1) is 57.2. The van der Waals surface area contributed by atoms with E-state index in [1.54, 1.807) is 0 Å². The maximum absolute atomic E-state index is 12.0. The zero-order valence-corrected chi connectivity index (χ0v) is 40.7. The van der Waals surface area contributed by atoms with Gasteiger partial charge in [-0.05, 0) is 44.4 Å². The van der Waals surface area contributed by atoms with Crippen LogP contribution in [0.3, 0.4) is 0 Å². The summed E-state index contributed by atoms with van der Waals surface area (Å²) in [6, 6.07) is 0. The van der Waals surface area contributed by atoms with Crippen molar-refractivity contribution in [2.24, 2.45) is 5.92 Å². The molecule has 0 aromatic carbocycles. The molecule has 0 spiro atoms. The molecule has 0 saturated carbocycles. The Morgan fingerprint density at radius 3 is 0.966 bits per heavy atom. The normalized spacial score (nSPS) is 12.3. The summed E-state index contributed by atoms with van der Waals surface area (Å²) in [7, 11) is 0. The number of rotatable bonds is 51. The van der Waals surface area contributed by atoms with Gasteiger partial charge in [0, 0.05) is 6.42 Å². The highest BCUT2D eigenvalue weighted by molar-refractivity contribution is 5.69. The Hall–Kier alpha value is -0.790. The van der Waals surface area contributed by atoms with Crippen molar-refractivity contribution in [3.8, 4) is 0 Å². The van der Waals surface area contributed by atoms with E-state index in [1.807, 2.05) is 0 Å². The first-order valence-electron chi connectivity index (χ1n) is 27.5. The predicted octanol–water partition coefficient (Wildman–Crippen LogP) is 20.5. The Kier molecular flexibility index (Phi) is 51.6. The first-order chi connectivity index (χ1) is 28.7. The lowest BCUT2D eigenvalue weighted by atomic mass is 9.99. The molecule has 2 heteroatoms. The van der Waals surface area contributed by atoms with Crippen molar-refractivity contribution in [1.29, 1.82) is 0 Å². The third-order valence-corrected chi connectivity index (χ3v) is 13.2. The molecule has 1 unspecified atom stereocenters. The van der Waals surface area contributed by atoms with E-state index >= 15 is 0 Å². The number of hydrogen-bond donors (Lipinski definition) is 0. The fourth-order valence-corrected chi connectivity index (χ4v) is 8.70. The van der Waals surface area contributed by atoms with Crippen LogP contribution in [0.1, 0.15) is 329 Å². The number of ether oxygens (including phenoxy) is 1. The van der Waals surface area contributed by atoms with Gasteiger partial charge in [-0.2, -0.15) is 0 Å². The van der Waals surface area contributed by atoms with Crippen LogP contribution in [-0.4, -0.2) is 12.6 Å². The molecular weight excluding hydrogens is 705 g/mol. The second kappa shape index (κ2) is 52.3. The van der Waals surface area contributed by atoms with Gasteiger partial charge < -0.3 is 4.74 Å². The van der Waals surface area contributed by atoms with E-state index in [0.29, 0.717) is 13.0 Å². The summed E-state index contributed by atoms with van der Waals surface area (Å²) in [6.07, 6.45) is 70.9. The van der Waals surface area contributed by atoms with E-state index in [4.69, 9.17) is 4.74 Å². The van der Waals surface area contributed by atoms with Gasteiger partial charge in [0.25, 0.3) is 0 Å². The van der Waals surface area contributed by atoms with Gasteiger partial charge in [-0.1, -0.05) is 296 Å². The predicted molar refractivity (Wildman–Crippen MR) is 262 cm³/mol. The quantitative estimate of drug-likeness (QED) is 0.0347. The van der Waals surface area contributed by atoms with E-state index in [2.05, 4.69) is 32.9 Å². The number of unbranched alkanes of at least 4 members (excludes halogenated alkanes) is 42. The minimum Gasteiger partial charge on any atom is -0.466 e. The molecule has 0 aliphatic heterocycles. The maximum atomic E-state index is 12.0. The van der Waals surface area contributed by atoms with E-state index < -0.39 is 0 Å². The SMILES string of the molecule is CCCCCCCC/C=C\CCCCCCCC(=O)OCCCCCCCCCCCCCCCCCCCCCCCCCCCCCCCCCCC(C)CC. The Morgan fingerprint density at radius 2 is 0.638 bits per heavy atom. The molecule has 0 aromatic heterocycles. The molecular formula is C56H110O2. The third-order valence-electron chi connectivity index (χ3n) is 13.2. The zero-order chi connectivity index (χ0) is 41.9. The Bertz CT molecular complexity index is 773. The largest absolute Gasteiger partial charge is 0.466 e. The summed E-state index contributed by atoms with van der Waals surface area (Å²) in [5.74, 6) is 0.962. The van der Waals surface area contributed by atoms with Crippen molar-refractivity contribution in [1.82, 2.24) is 0 Å². The van der Waals surface area contributed by atoms with Gasteiger partial charge in [-0.15, -0.1) is 0 Å². The van der Waals surface area contributed by atoms with E-state index in [0.717, 1.165) is 25.2 Å². The van der Waals surface area contributed by atoms with Gasteiger partial charge in [-0.25, -0.2) is 0 Å². The summed E-state index contributed by atoms with van der Waals surface area (Å²) in [5.41, 5.74) is 0.